The van der Waals surface area contributed by atoms with E-state index in [2.05, 4.69) is 5.32 Å². The smallest absolute Gasteiger partial charge is 0.0109 e. The van der Waals surface area contributed by atoms with Gasteiger partial charge in [0.05, 0.1) is 0 Å². The minimum absolute atomic E-state index is 0.605. The van der Waals surface area contributed by atoms with Gasteiger partial charge in [-0.2, -0.15) is 0 Å². The molecule has 9 heavy (non-hydrogen) atoms. The summed E-state index contributed by atoms with van der Waals surface area (Å²) in [6.07, 6.45) is 5.82. The van der Waals surface area contributed by atoms with E-state index in [4.69, 9.17) is 5.73 Å². The summed E-state index contributed by atoms with van der Waals surface area (Å²) in [4.78, 5) is 0. The van der Waals surface area contributed by atoms with Gasteiger partial charge in [0.25, 0.3) is 0 Å². The third-order valence-electron chi connectivity index (χ3n) is 1.01. The first-order valence-corrected chi connectivity index (χ1v) is 3.02. The Morgan fingerprint density at radius 3 is 2.78 bits per heavy atom. The van der Waals surface area contributed by atoms with Crippen molar-refractivity contribution in [3.8, 4) is 0 Å². The molecule has 0 bridgehead atoms. The predicted molar refractivity (Wildman–Crippen MR) is 41.0 cm³/mol. The van der Waals surface area contributed by atoms with Gasteiger partial charge in [0.1, 0.15) is 0 Å². The highest BCUT2D eigenvalue weighted by Crippen LogP contribution is 1.83. The Kier molecular flexibility index (Phi) is 4.92. The van der Waals surface area contributed by atoms with Crippen LogP contribution < -0.4 is 11.1 Å². The Balaban J connectivity index is 3.55. The Hall–Kier alpha value is -0.760. The number of rotatable bonds is 3. The molecule has 0 aliphatic carbocycles. The van der Waals surface area contributed by atoms with Gasteiger partial charge < -0.3 is 11.1 Å². The first kappa shape index (κ1) is 8.24. The molecule has 0 heterocycles. The summed E-state index contributed by atoms with van der Waals surface area (Å²) in [5.41, 5.74) is 6.36. The highest BCUT2D eigenvalue weighted by Gasteiger charge is 1.73. The topological polar surface area (TPSA) is 38.0 Å². The zero-order chi connectivity index (χ0) is 7.11. The van der Waals surface area contributed by atoms with E-state index in [1.165, 1.54) is 0 Å². The predicted octanol–water partition coefficient (Wildman–Crippen LogP) is 0.625. The normalized spacial score (nSPS) is 12.6. The maximum Gasteiger partial charge on any atom is 0.0109 e. The molecule has 0 aliphatic heterocycles. The van der Waals surface area contributed by atoms with Gasteiger partial charge in [-0.15, -0.1) is 0 Å². The van der Waals surface area contributed by atoms with E-state index in [0.29, 0.717) is 6.54 Å². The van der Waals surface area contributed by atoms with E-state index in [0.717, 1.165) is 5.70 Å². The number of nitrogens with two attached hydrogens (primary N) is 1. The van der Waals surface area contributed by atoms with Crippen molar-refractivity contribution in [3.05, 3.63) is 23.9 Å². The lowest BCUT2D eigenvalue weighted by Crippen LogP contribution is -2.00. The van der Waals surface area contributed by atoms with Crippen molar-refractivity contribution in [2.24, 2.45) is 5.73 Å². The van der Waals surface area contributed by atoms with Gasteiger partial charge in [-0.1, -0.05) is 12.2 Å². The summed E-state index contributed by atoms with van der Waals surface area (Å²) in [7, 11) is 1.89. The molecule has 2 nitrogen and oxygen atoms in total. The van der Waals surface area contributed by atoms with Crippen LogP contribution in [0.4, 0.5) is 0 Å². The molecular formula is C7H14N2. The molecule has 0 radical (unpaired) electrons. The fourth-order valence-electron chi connectivity index (χ4n) is 0.374. The van der Waals surface area contributed by atoms with Crippen molar-refractivity contribution in [2.75, 3.05) is 13.6 Å². The van der Waals surface area contributed by atoms with E-state index < -0.39 is 0 Å². The van der Waals surface area contributed by atoms with Crippen molar-refractivity contribution >= 4 is 0 Å². The Morgan fingerprint density at radius 2 is 2.33 bits per heavy atom. The average Bonchev–Trinajstić information content (AvgIpc) is 1.89. The van der Waals surface area contributed by atoms with Crippen LogP contribution in [0.3, 0.4) is 0 Å². The van der Waals surface area contributed by atoms with Crippen LogP contribution in [0, 0.1) is 0 Å². The molecule has 0 saturated carbocycles. The minimum Gasteiger partial charge on any atom is -0.392 e. The van der Waals surface area contributed by atoms with Crippen LogP contribution in [0.25, 0.3) is 0 Å². The third kappa shape index (κ3) is 5.11. The lowest BCUT2D eigenvalue weighted by atomic mass is 10.4. The fourth-order valence-corrected chi connectivity index (χ4v) is 0.374. The second-order valence-electron chi connectivity index (χ2n) is 1.76. The second-order valence-corrected chi connectivity index (χ2v) is 1.76. The molecule has 0 aromatic rings. The molecule has 0 aromatic heterocycles. The molecule has 52 valence electrons. The highest BCUT2D eigenvalue weighted by molar-refractivity contribution is 5.08. The van der Waals surface area contributed by atoms with Gasteiger partial charge >= 0.3 is 0 Å². The summed E-state index contributed by atoms with van der Waals surface area (Å²) in [6, 6.07) is 0. The van der Waals surface area contributed by atoms with E-state index in [9.17, 15) is 0 Å². The fraction of sp³-hybridized carbons (Fsp3) is 0.429. The molecule has 0 aromatic carbocycles. The number of nitrogens with one attached hydrogen (secondary N) is 1. The zero-order valence-corrected chi connectivity index (χ0v) is 6.02. The lowest BCUT2D eigenvalue weighted by Gasteiger charge is -1.93. The molecule has 0 atom stereocenters. The summed E-state index contributed by atoms with van der Waals surface area (Å²) < 4.78 is 0. The lowest BCUT2D eigenvalue weighted by molar-refractivity contribution is 0.990. The van der Waals surface area contributed by atoms with Gasteiger partial charge in [-0.05, 0) is 13.0 Å². The van der Waals surface area contributed by atoms with Gasteiger partial charge in [0, 0.05) is 19.3 Å². The van der Waals surface area contributed by atoms with Crippen LogP contribution in [0.2, 0.25) is 0 Å². The SMILES string of the molecule is CN/C(C)=C\C=C/CN. The molecule has 2 heteroatoms. The largest absolute Gasteiger partial charge is 0.392 e. The van der Waals surface area contributed by atoms with Crippen molar-refractivity contribution in [1.82, 2.24) is 5.32 Å². The van der Waals surface area contributed by atoms with Crippen LogP contribution in [-0.2, 0) is 0 Å². The third-order valence-corrected chi connectivity index (χ3v) is 1.01. The van der Waals surface area contributed by atoms with Crippen molar-refractivity contribution in [2.45, 2.75) is 6.92 Å². The maximum atomic E-state index is 5.22. The van der Waals surface area contributed by atoms with Gasteiger partial charge in [-0.3, -0.25) is 0 Å². The van der Waals surface area contributed by atoms with E-state index in [1.54, 1.807) is 0 Å². The first-order chi connectivity index (χ1) is 4.31. The molecule has 0 spiro atoms. The number of hydrogen-bond donors (Lipinski definition) is 2. The summed E-state index contributed by atoms with van der Waals surface area (Å²) >= 11 is 0. The molecule has 0 aliphatic rings. The maximum absolute atomic E-state index is 5.22. The minimum atomic E-state index is 0.605. The van der Waals surface area contributed by atoms with Crippen LogP contribution >= 0.6 is 0 Å². The second kappa shape index (κ2) is 5.38. The summed E-state index contributed by atoms with van der Waals surface area (Å²) in [5.74, 6) is 0. The van der Waals surface area contributed by atoms with Crippen LogP contribution in [-0.4, -0.2) is 13.6 Å². The Bertz CT molecular complexity index is 114. The van der Waals surface area contributed by atoms with E-state index in [1.807, 2.05) is 32.2 Å². The first-order valence-electron chi connectivity index (χ1n) is 3.02. The summed E-state index contributed by atoms with van der Waals surface area (Å²) in [5, 5.41) is 2.99. The van der Waals surface area contributed by atoms with Crippen molar-refractivity contribution < 1.29 is 0 Å². The quantitative estimate of drug-likeness (QED) is 0.544. The molecule has 0 fully saturated rings. The Morgan fingerprint density at radius 1 is 1.67 bits per heavy atom. The van der Waals surface area contributed by atoms with Crippen LogP contribution in [0.1, 0.15) is 6.92 Å². The van der Waals surface area contributed by atoms with Crippen molar-refractivity contribution in [3.63, 3.8) is 0 Å². The molecular weight excluding hydrogens is 112 g/mol. The Labute approximate surface area is 56.4 Å². The highest BCUT2D eigenvalue weighted by atomic mass is 14.8. The van der Waals surface area contributed by atoms with Crippen molar-refractivity contribution in [1.29, 1.82) is 0 Å². The van der Waals surface area contributed by atoms with Gasteiger partial charge in [-0.25, -0.2) is 0 Å². The number of allylic oxidation sites excluding steroid dienone is 3. The molecule has 0 rings (SSSR count). The molecule has 0 saturated heterocycles. The van der Waals surface area contributed by atoms with Crippen LogP contribution in [0.5, 0.6) is 0 Å². The molecule has 0 amide bonds. The number of hydrogen-bond acceptors (Lipinski definition) is 2. The van der Waals surface area contributed by atoms with Crippen LogP contribution in [0.15, 0.2) is 23.9 Å². The monoisotopic (exact) mass is 126 g/mol. The van der Waals surface area contributed by atoms with Gasteiger partial charge in [0.15, 0.2) is 0 Å². The average molecular weight is 126 g/mol. The zero-order valence-electron chi connectivity index (χ0n) is 6.02. The van der Waals surface area contributed by atoms with E-state index >= 15 is 0 Å². The summed E-state index contributed by atoms with van der Waals surface area (Å²) in [6.45, 7) is 2.61. The van der Waals surface area contributed by atoms with Gasteiger partial charge in [0.2, 0.25) is 0 Å². The van der Waals surface area contributed by atoms with E-state index in [-0.39, 0.29) is 0 Å². The molecule has 0 unspecified atom stereocenters. The molecule has 3 N–H and O–H groups in total. The standard InChI is InChI=1S/C7H14N2/c1-7(9-2)5-3-4-6-8/h3-5,9H,6,8H2,1-2H3/b4-3-,7-5-.